The number of aryl methyl sites for hydroxylation is 1. The third-order valence-electron chi connectivity index (χ3n) is 8.07. The quantitative estimate of drug-likeness (QED) is 0.248. The Labute approximate surface area is 231 Å². The number of anilines is 3. The Morgan fingerprint density at radius 1 is 0.846 bits per heavy atom. The number of ketones is 1. The first kappa shape index (κ1) is 23.7. The number of nitrogens with zero attached hydrogens (tertiary/aromatic N) is 2. The lowest BCUT2D eigenvalue weighted by molar-refractivity contribution is 0.105. The van der Waals surface area contributed by atoms with Crippen LogP contribution in [0.25, 0.3) is 22.2 Å². The molecule has 0 bridgehead atoms. The van der Waals surface area contributed by atoms with Gasteiger partial charge in [-0.1, -0.05) is 67.9 Å². The van der Waals surface area contributed by atoms with Crippen LogP contribution in [-0.2, 0) is 5.41 Å². The van der Waals surface area contributed by atoms with Gasteiger partial charge in [0.1, 0.15) is 5.76 Å². The van der Waals surface area contributed by atoms with E-state index in [1.807, 2.05) is 31.2 Å². The predicted molar refractivity (Wildman–Crippen MR) is 159 cm³/mol. The minimum Gasteiger partial charge on any atom is -0.506 e. The molecule has 2 aliphatic rings. The van der Waals surface area contributed by atoms with Crippen molar-refractivity contribution < 1.29 is 9.90 Å². The molecule has 0 saturated heterocycles. The minimum atomic E-state index is -0.297. The molecule has 1 aliphatic heterocycles. The van der Waals surface area contributed by atoms with E-state index in [0.29, 0.717) is 21.8 Å². The van der Waals surface area contributed by atoms with Gasteiger partial charge in [-0.25, -0.2) is 4.98 Å². The second kappa shape index (κ2) is 8.29. The highest BCUT2D eigenvalue weighted by Gasteiger charge is 2.39. The van der Waals surface area contributed by atoms with Crippen molar-refractivity contribution in [2.45, 2.75) is 26.2 Å². The number of rotatable bonds is 2. The van der Waals surface area contributed by atoms with Crippen molar-refractivity contribution >= 4 is 56.7 Å². The fraction of sp³-hybridized carbons (Fsp3) is 0.118. The van der Waals surface area contributed by atoms with E-state index < -0.39 is 0 Å². The largest absolute Gasteiger partial charge is 0.506 e. The second-order valence-electron chi connectivity index (χ2n) is 10.7. The Kier molecular flexibility index (Phi) is 5.04. The molecule has 1 N–H and O–H groups in total. The van der Waals surface area contributed by atoms with Gasteiger partial charge in [0, 0.05) is 32.6 Å². The normalized spacial score (nSPS) is 15.4. The zero-order chi connectivity index (χ0) is 27.1. The molecule has 0 atom stereocenters. The van der Waals surface area contributed by atoms with Crippen LogP contribution < -0.4 is 4.90 Å². The molecule has 5 aromatic rings. The Morgan fingerprint density at radius 2 is 1.59 bits per heavy atom. The third-order valence-corrected chi connectivity index (χ3v) is 8.47. The molecule has 1 aliphatic carbocycles. The average molecular weight is 529 g/mol. The molecule has 190 valence electrons. The van der Waals surface area contributed by atoms with Gasteiger partial charge in [-0.15, -0.1) is 0 Å². The maximum absolute atomic E-state index is 13.4. The van der Waals surface area contributed by atoms with Gasteiger partial charge in [-0.3, -0.25) is 4.79 Å². The summed E-state index contributed by atoms with van der Waals surface area (Å²) in [6.07, 6.45) is 0. The molecule has 0 amide bonds. The first-order chi connectivity index (χ1) is 18.8. The molecule has 0 saturated carbocycles. The molecule has 0 unspecified atom stereocenters. The van der Waals surface area contributed by atoms with Crippen LogP contribution in [0.3, 0.4) is 0 Å². The van der Waals surface area contributed by atoms with Gasteiger partial charge in [0.05, 0.1) is 28.2 Å². The first-order valence-corrected chi connectivity index (χ1v) is 13.3. The summed E-state index contributed by atoms with van der Waals surface area (Å²) in [5.41, 5.74) is 8.58. The van der Waals surface area contributed by atoms with E-state index in [2.05, 4.69) is 73.3 Å². The number of benzene rings is 4. The van der Waals surface area contributed by atoms with E-state index in [4.69, 9.17) is 16.6 Å². The van der Waals surface area contributed by atoms with Crippen molar-refractivity contribution in [1.82, 2.24) is 4.98 Å². The van der Waals surface area contributed by atoms with E-state index >= 15 is 0 Å². The van der Waals surface area contributed by atoms with Gasteiger partial charge in [0.2, 0.25) is 0 Å². The minimum absolute atomic E-state index is 0.0518. The zero-order valence-electron chi connectivity index (χ0n) is 21.8. The molecule has 39 heavy (non-hydrogen) atoms. The SMILES string of the molecule is Cc1cc2c(cc1Cl)C(=O)C(c1ccc3c4c(ccc3n1)N(c1ccccc1)c1ccccc1C4(C)C)=C2O. The maximum Gasteiger partial charge on any atom is 0.199 e. The van der Waals surface area contributed by atoms with Crippen molar-refractivity contribution in [3.05, 3.63) is 130 Å². The summed E-state index contributed by atoms with van der Waals surface area (Å²) < 4.78 is 0. The van der Waals surface area contributed by atoms with Crippen LogP contribution >= 0.6 is 11.6 Å². The van der Waals surface area contributed by atoms with Crippen LogP contribution in [0.2, 0.25) is 5.02 Å². The maximum atomic E-state index is 13.4. The number of aromatic nitrogens is 1. The highest BCUT2D eigenvalue weighted by Crippen LogP contribution is 2.53. The lowest BCUT2D eigenvalue weighted by Crippen LogP contribution is -2.31. The molecule has 7 rings (SSSR count). The van der Waals surface area contributed by atoms with Gasteiger partial charge >= 0.3 is 0 Å². The monoisotopic (exact) mass is 528 g/mol. The molecular weight excluding hydrogens is 504 g/mol. The van der Waals surface area contributed by atoms with Crippen LogP contribution in [0.4, 0.5) is 17.1 Å². The number of allylic oxidation sites excluding steroid dienone is 1. The third kappa shape index (κ3) is 3.31. The van der Waals surface area contributed by atoms with Crippen molar-refractivity contribution in [3.63, 3.8) is 0 Å². The number of carbonyl (C=O) groups excluding carboxylic acids is 1. The van der Waals surface area contributed by atoms with Gasteiger partial charge < -0.3 is 10.0 Å². The van der Waals surface area contributed by atoms with Crippen LogP contribution in [0, 0.1) is 6.92 Å². The number of hydrogen-bond donors (Lipinski definition) is 1. The molecular formula is C34H25ClN2O2. The van der Waals surface area contributed by atoms with Crippen molar-refractivity contribution in [2.24, 2.45) is 0 Å². The molecule has 2 heterocycles. The highest BCUT2D eigenvalue weighted by molar-refractivity contribution is 6.40. The van der Waals surface area contributed by atoms with Crippen LogP contribution in [0.5, 0.6) is 0 Å². The van der Waals surface area contributed by atoms with E-state index in [1.165, 1.54) is 11.1 Å². The fourth-order valence-corrected chi connectivity index (χ4v) is 6.34. The molecule has 5 heteroatoms. The number of para-hydroxylation sites is 2. The molecule has 4 aromatic carbocycles. The summed E-state index contributed by atoms with van der Waals surface area (Å²) in [6, 6.07) is 30.3. The predicted octanol–water partition coefficient (Wildman–Crippen LogP) is 8.93. The summed E-state index contributed by atoms with van der Waals surface area (Å²) in [7, 11) is 0. The number of aliphatic hydroxyl groups excluding tert-OH is 1. The lowest BCUT2D eigenvalue weighted by Gasteiger charge is -2.42. The molecule has 4 nitrogen and oxygen atoms in total. The standard InChI is InChI=1S/C34H25ClN2O2/c1-19-17-22-23(18-25(19)35)33(39)30(32(22)38)27-14-13-21-26(36-27)15-16-29-31(21)34(2,3)24-11-7-8-12-28(24)37(29)20-9-5-4-6-10-20/h4-18,38H,1-3H3. The van der Waals surface area contributed by atoms with Crippen molar-refractivity contribution in [3.8, 4) is 0 Å². The van der Waals surface area contributed by atoms with E-state index in [9.17, 15) is 9.90 Å². The topological polar surface area (TPSA) is 53.4 Å². The summed E-state index contributed by atoms with van der Waals surface area (Å²) >= 11 is 6.29. The Hall–Kier alpha value is -4.41. The second-order valence-corrected chi connectivity index (χ2v) is 11.1. The van der Waals surface area contributed by atoms with Crippen LogP contribution in [-0.4, -0.2) is 15.9 Å². The summed E-state index contributed by atoms with van der Waals surface area (Å²) in [5.74, 6) is -0.317. The van der Waals surface area contributed by atoms with E-state index in [0.717, 1.165) is 33.5 Å². The number of Topliss-reactive ketones (excluding diaryl/α,β-unsaturated/α-hetero) is 1. The Balaban J connectivity index is 1.44. The van der Waals surface area contributed by atoms with Gasteiger partial charge in [0.25, 0.3) is 0 Å². The van der Waals surface area contributed by atoms with Gasteiger partial charge in [-0.05, 0) is 72.1 Å². The average Bonchev–Trinajstić information content (AvgIpc) is 3.17. The number of pyridine rings is 1. The summed E-state index contributed by atoms with van der Waals surface area (Å²) in [4.78, 5) is 20.6. The number of hydrogen-bond acceptors (Lipinski definition) is 4. The lowest BCUT2D eigenvalue weighted by atomic mass is 9.72. The summed E-state index contributed by atoms with van der Waals surface area (Å²) in [6.45, 7) is 6.35. The van der Waals surface area contributed by atoms with Crippen LogP contribution in [0.15, 0.2) is 91.0 Å². The zero-order valence-corrected chi connectivity index (χ0v) is 22.5. The van der Waals surface area contributed by atoms with E-state index in [1.54, 1.807) is 12.1 Å². The van der Waals surface area contributed by atoms with E-state index in [-0.39, 0.29) is 22.5 Å². The summed E-state index contributed by atoms with van der Waals surface area (Å²) in [5, 5.41) is 12.6. The van der Waals surface area contributed by atoms with Crippen LogP contribution in [0.1, 0.15) is 52.2 Å². The smallest absolute Gasteiger partial charge is 0.199 e. The Bertz CT molecular complexity index is 1890. The number of aliphatic hydroxyl groups is 1. The molecule has 0 radical (unpaired) electrons. The molecule has 0 spiro atoms. The molecule has 1 aromatic heterocycles. The Morgan fingerprint density at radius 3 is 2.38 bits per heavy atom. The number of fused-ring (bicyclic) bond motifs is 5. The van der Waals surface area contributed by atoms with Crippen molar-refractivity contribution in [2.75, 3.05) is 4.90 Å². The molecule has 0 fully saturated rings. The first-order valence-electron chi connectivity index (χ1n) is 12.9. The fourth-order valence-electron chi connectivity index (χ4n) is 6.17. The van der Waals surface area contributed by atoms with Gasteiger partial charge in [0.15, 0.2) is 5.78 Å². The van der Waals surface area contributed by atoms with Gasteiger partial charge in [-0.2, -0.15) is 0 Å². The highest BCUT2D eigenvalue weighted by atomic mass is 35.5. The van der Waals surface area contributed by atoms with Crippen molar-refractivity contribution in [1.29, 1.82) is 0 Å². The number of halogens is 1. The number of carbonyl (C=O) groups is 1.